The highest BCUT2D eigenvalue weighted by atomic mass is 35.5. The van der Waals surface area contributed by atoms with Crippen LogP contribution in [0.5, 0.6) is 0 Å². The summed E-state index contributed by atoms with van der Waals surface area (Å²) in [5, 5.41) is 2.78. The lowest BCUT2D eigenvalue weighted by molar-refractivity contribution is -0.139. The van der Waals surface area contributed by atoms with Gasteiger partial charge in [-0.05, 0) is 66.6 Å². The van der Waals surface area contributed by atoms with E-state index in [-0.39, 0.29) is 30.4 Å². The van der Waals surface area contributed by atoms with Gasteiger partial charge in [0.1, 0.15) is 5.82 Å². The fraction of sp³-hybridized carbons (Fsp3) is 0.400. The number of hydrogen-bond donors (Lipinski definition) is 3. The summed E-state index contributed by atoms with van der Waals surface area (Å²) in [5.74, 6) is -0.562. The average Bonchev–Trinajstić information content (AvgIpc) is 2.91. The van der Waals surface area contributed by atoms with E-state index >= 15 is 0 Å². The lowest BCUT2D eigenvalue weighted by Gasteiger charge is -2.46. The zero-order valence-electron chi connectivity index (χ0n) is 22.4. The number of hydrogen-bond acceptors (Lipinski definition) is 4. The topological polar surface area (TPSA) is 114 Å². The van der Waals surface area contributed by atoms with Gasteiger partial charge in [-0.25, -0.2) is 4.39 Å². The molecule has 3 aromatic rings. The van der Waals surface area contributed by atoms with Crippen LogP contribution in [-0.4, -0.2) is 66.0 Å². The van der Waals surface area contributed by atoms with E-state index in [4.69, 9.17) is 28.8 Å². The molecule has 0 spiro atoms. The van der Waals surface area contributed by atoms with Crippen molar-refractivity contribution in [3.8, 4) is 0 Å². The van der Waals surface area contributed by atoms with E-state index in [9.17, 15) is 9.18 Å². The normalized spacial score (nSPS) is 18.7. The summed E-state index contributed by atoms with van der Waals surface area (Å²) in [7, 11) is 0. The molecule has 6 N–H and O–H groups in total. The summed E-state index contributed by atoms with van der Waals surface area (Å²) in [5.41, 5.74) is 19.0. The van der Waals surface area contributed by atoms with Crippen molar-refractivity contribution in [1.82, 2.24) is 9.80 Å². The van der Waals surface area contributed by atoms with Crippen molar-refractivity contribution >= 4 is 34.2 Å². The number of carbonyl (C=O) groups is 1. The first-order chi connectivity index (χ1) is 18.7. The summed E-state index contributed by atoms with van der Waals surface area (Å²) < 4.78 is 14.4. The first kappa shape index (κ1) is 28.8. The molecule has 1 heterocycles. The van der Waals surface area contributed by atoms with Gasteiger partial charge < -0.3 is 22.1 Å². The van der Waals surface area contributed by atoms with Crippen molar-refractivity contribution in [2.24, 2.45) is 22.2 Å². The van der Waals surface area contributed by atoms with Crippen LogP contribution >= 0.6 is 11.6 Å². The minimum atomic E-state index is -0.850. The predicted octanol–water partition coefficient (Wildman–Crippen LogP) is 3.70. The maximum atomic E-state index is 14.4. The van der Waals surface area contributed by atoms with Crippen LogP contribution in [0.3, 0.4) is 0 Å². The van der Waals surface area contributed by atoms with E-state index in [1.54, 1.807) is 12.1 Å². The van der Waals surface area contributed by atoms with Gasteiger partial charge in [0, 0.05) is 43.3 Å². The van der Waals surface area contributed by atoms with Gasteiger partial charge in [0.2, 0.25) is 5.91 Å². The maximum Gasteiger partial charge on any atom is 0.240 e. The number of aliphatic imine (C=N–C) groups is 1. The zero-order chi connectivity index (χ0) is 27.9. The van der Waals surface area contributed by atoms with Crippen LogP contribution in [0.4, 0.5) is 4.39 Å². The highest BCUT2D eigenvalue weighted by Crippen LogP contribution is 2.23. The van der Waals surface area contributed by atoms with Gasteiger partial charge >= 0.3 is 0 Å². The molecule has 208 valence electrons. The van der Waals surface area contributed by atoms with Gasteiger partial charge in [0.05, 0.1) is 6.04 Å². The lowest BCUT2D eigenvalue weighted by atomic mass is 9.98. The number of nitrogens with zero attached hydrogens (tertiary/aromatic N) is 3. The Morgan fingerprint density at radius 1 is 1.10 bits per heavy atom. The average molecular weight is 553 g/mol. The number of guanidine groups is 1. The monoisotopic (exact) mass is 552 g/mol. The molecule has 3 aromatic carbocycles. The third kappa shape index (κ3) is 7.68. The molecule has 0 unspecified atom stereocenters. The molecule has 4 rings (SSSR count). The molecular weight excluding hydrogens is 515 g/mol. The van der Waals surface area contributed by atoms with Gasteiger partial charge in [-0.1, -0.05) is 60.1 Å². The van der Waals surface area contributed by atoms with Crippen LogP contribution in [0.15, 0.2) is 65.7 Å². The highest BCUT2D eigenvalue weighted by Gasteiger charge is 2.36. The molecule has 39 heavy (non-hydrogen) atoms. The SMILES string of the molecule is C[C@H]1CN(C(=O)[C@H](N)Cc2ccc(Cl)cc2F)[C@@H](CCCN=C(N)N)CN1CCc1ccc2ccccc2c1. The first-order valence-electron chi connectivity index (χ1n) is 13.5. The van der Waals surface area contributed by atoms with Crippen LogP contribution in [0, 0.1) is 5.82 Å². The van der Waals surface area contributed by atoms with Crippen molar-refractivity contribution in [2.75, 3.05) is 26.2 Å². The van der Waals surface area contributed by atoms with Crippen molar-refractivity contribution in [1.29, 1.82) is 0 Å². The first-order valence-corrected chi connectivity index (χ1v) is 13.9. The smallest absolute Gasteiger partial charge is 0.240 e. The second-order valence-electron chi connectivity index (χ2n) is 10.4. The highest BCUT2D eigenvalue weighted by molar-refractivity contribution is 6.30. The molecule has 1 aliphatic heterocycles. The Labute approximate surface area is 234 Å². The van der Waals surface area contributed by atoms with Crippen molar-refractivity contribution in [3.63, 3.8) is 0 Å². The van der Waals surface area contributed by atoms with Crippen LogP contribution in [0.1, 0.15) is 30.9 Å². The van der Waals surface area contributed by atoms with Crippen LogP contribution in [0.25, 0.3) is 10.8 Å². The summed E-state index contributed by atoms with van der Waals surface area (Å²) >= 11 is 5.88. The largest absolute Gasteiger partial charge is 0.370 e. The molecular formula is C30H38ClFN6O. The quantitative estimate of drug-likeness (QED) is 0.202. The van der Waals surface area contributed by atoms with Crippen LogP contribution in [-0.2, 0) is 17.6 Å². The number of carbonyl (C=O) groups excluding carboxylic acids is 1. The predicted molar refractivity (Wildman–Crippen MR) is 157 cm³/mol. The Morgan fingerprint density at radius 2 is 1.87 bits per heavy atom. The van der Waals surface area contributed by atoms with E-state index in [1.807, 2.05) is 4.90 Å². The molecule has 0 aliphatic carbocycles. The molecule has 1 aliphatic rings. The van der Waals surface area contributed by atoms with Crippen LogP contribution in [0.2, 0.25) is 5.02 Å². The van der Waals surface area contributed by atoms with E-state index in [0.29, 0.717) is 23.7 Å². The number of fused-ring (bicyclic) bond motifs is 1. The van der Waals surface area contributed by atoms with Crippen molar-refractivity contribution in [3.05, 3.63) is 82.6 Å². The Hall–Kier alpha value is -3.20. The summed E-state index contributed by atoms with van der Waals surface area (Å²) in [6.45, 7) is 4.80. The number of amides is 1. The Kier molecular flexibility index (Phi) is 9.78. The van der Waals surface area contributed by atoms with Crippen molar-refractivity contribution in [2.45, 2.75) is 50.7 Å². The Bertz CT molecular complexity index is 1310. The standard InChI is InChI=1S/C30H38ClFN6O/c1-20-18-38(29(39)28(33)16-24-10-11-25(31)17-27(24)32)26(7-4-13-36-30(34)35)19-37(20)14-12-21-8-9-22-5-2-3-6-23(22)15-21/h2-3,5-6,8-11,15,17,20,26,28H,4,7,12-14,16,18-19,33H2,1H3,(H4,34,35,36)/t20-,26-,28+/m0/s1. The van der Waals surface area contributed by atoms with Gasteiger partial charge in [-0.15, -0.1) is 0 Å². The molecule has 3 atom stereocenters. The summed E-state index contributed by atoms with van der Waals surface area (Å²) in [6.07, 6.45) is 2.50. The number of piperazine rings is 1. The van der Waals surface area contributed by atoms with E-state index < -0.39 is 11.9 Å². The Morgan fingerprint density at radius 3 is 2.62 bits per heavy atom. The van der Waals surface area contributed by atoms with E-state index in [0.717, 1.165) is 32.4 Å². The third-order valence-electron chi connectivity index (χ3n) is 7.52. The van der Waals surface area contributed by atoms with Gasteiger partial charge in [0.25, 0.3) is 0 Å². The summed E-state index contributed by atoms with van der Waals surface area (Å²) in [4.78, 5) is 22.0. The molecule has 0 radical (unpaired) electrons. The van der Waals surface area contributed by atoms with Gasteiger partial charge in [-0.2, -0.15) is 0 Å². The Balaban J connectivity index is 1.44. The fourth-order valence-electron chi connectivity index (χ4n) is 5.35. The minimum Gasteiger partial charge on any atom is -0.370 e. The van der Waals surface area contributed by atoms with Gasteiger partial charge in [-0.3, -0.25) is 14.7 Å². The van der Waals surface area contributed by atoms with Gasteiger partial charge in [0.15, 0.2) is 5.96 Å². The number of rotatable bonds is 10. The third-order valence-corrected chi connectivity index (χ3v) is 7.75. The molecule has 0 bridgehead atoms. The molecule has 9 heteroatoms. The second kappa shape index (κ2) is 13.2. The molecule has 0 aromatic heterocycles. The molecule has 1 fully saturated rings. The molecule has 1 saturated heterocycles. The molecule has 0 saturated carbocycles. The molecule has 1 amide bonds. The number of halogens is 2. The minimum absolute atomic E-state index is 0.0411. The lowest BCUT2D eigenvalue weighted by Crippen LogP contribution is -2.62. The van der Waals surface area contributed by atoms with Crippen LogP contribution < -0.4 is 17.2 Å². The summed E-state index contributed by atoms with van der Waals surface area (Å²) in [6, 6.07) is 18.7. The number of nitrogens with two attached hydrogens (primary N) is 3. The number of benzene rings is 3. The second-order valence-corrected chi connectivity index (χ2v) is 10.9. The molecule has 7 nitrogen and oxygen atoms in total. The maximum absolute atomic E-state index is 14.4. The zero-order valence-corrected chi connectivity index (χ0v) is 23.2. The fourth-order valence-corrected chi connectivity index (χ4v) is 5.51. The van der Waals surface area contributed by atoms with Crippen molar-refractivity contribution < 1.29 is 9.18 Å². The van der Waals surface area contributed by atoms with E-state index in [2.05, 4.69) is 59.3 Å². The van der Waals surface area contributed by atoms with E-state index in [1.165, 1.54) is 22.4 Å².